The molecule has 0 fully saturated rings. The van der Waals surface area contributed by atoms with Gasteiger partial charge in [0.1, 0.15) is 0 Å². The summed E-state index contributed by atoms with van der Waals surface area (Å²) in [6.45, 7) is 4.73. The summed E-state index contributed by atoms with van der Waals surface area (Å²) in [5.74, 6) is -0.312. The predicted octanol–water partition coefficient (Wildman–Crippen LogP) is 4.38. The summed E-state index contributed by atoms with van der Waals surface area (Å²) in [6, 6.07) is 12.0. The van der Waals surface area contributed by atoms with E-state index in [2.05, 4.69) is 40.5 Å². The Hall–Kier alpha value is -2.84. The molecule has 0 bridgehead atoms. The average molecular weight is 396 g/mol. The Labute approximate surface area is 164 Å². The smallest absolute Gasteiger partial charge is 0.279 e. The highest BCUT2D eigenvalue weighted by Crippen LogP contribution is 2.32. The zero-order chi connectivity index (χ0) is 18.8. The number of carbonyl (C=O) groups is 1. The average Bonchev–Trinajstić information content (AvgIpc) is 3.36. The molecule has 6 nitrogen and oxygen atoms in total. The van der Waals surface area contributed by atoms with Crippen molar-refractivity contribution >= 4 is 33.7 Å². The highest BCUT2D eigenvalue weighted by molar-refractivity contribution is 7.14. The number of thiazole rings is 1. The Bertz CT molecular complexity index is 1080. The number of anilines is 1. The van der Waals surface area contributed by atoms with Crippen LogP contribution in [0.2, 0.25) is 0 Å². The lowest BCUT2D eigenvalue weighted by atomic mass is 10.2. The maximum absolute atomic E-state index is 12.4. The molecular weight excluding hydrogens is 378 g/mol. The van der Waals surface area contributed by atoms with E-state index in [0.29, 0.717) is 11.7 Å². The first-order valence-electron chi connectivity index (χ1n) is 8.37. The van der Waals surface area contributed by atoms with Crippen molar-refractivity contribution in [2.24, 2.45) is 0 Å². The summed E-state index contributed by atoms with van der Waals surface area (Å²) >= 11 is 3.15. The molecule has 0 aliphatic rings. The van der Waals surface area contributed by atoms with Crippen molar-refractivity contribution < 1.29 is 4.79 Å². The van der Waals surface area contributed by atoms with Crippen LogP contribution in [0.1, 0.15) is 25.8 Å². The van der Waals surface area contributed by atoms with Crippen LogP contribution in [-0.2, 0) is 6.54 Å². The fourth-order valence-electron chi connectivity index (χ4n) is 2.75. The molecule has 0 aliphatic heterocycles. The number of hydrogen-bond donors (Lipinski definition) is 1. The quantitative estimate of drug-likeness (QED) is 0.544. The van der Waals surface area contributed by atoms with E-state index in [1.165, 1.54) is 21.1 Å². The van der Waals surface area contributed by atoms with Gasteiger partial charge in [-0.25, -0.2) is 9.67 Å². The SMILES string of the molecule is Cc1cc(-c2csc(NC(=O)c3cn(Cc4ccccc4)nn3)n2)c(C)s1. The highest BCUT2D eigenvalue weighted by atomic mass is 32.1. The number of hydrogen-bond acceptors (Lipinski definition) is 6. The van der Waals surface area contributed by atoms with Gasteiger partial charge in [0.2, 0.25) is 0 Å². The topological polar surface area (TPSA) is 72.7 Å². The molecule has 0 radical (unpaired) electrons. The Balaban J connectivity index is 1.45. The van der Waals surface area contributed by atoms with E-state index in [-0.39, 0.29) is 11.6 Å². The molecule has 4 aromatic rings. The first-order valence-corrected chi connectivity index (χ1v) is 10.1. The van der Waals surface area contributed by atoms with Gasteiger partial charge >= 0.3 is 0 Å². The third-order valence-electron chi connectivity index (χ3n) is 4.00. The summed E-state index contributed by atoms with van der Waals surface area (Å²) in [6.07, 6.45) is 1.64. The number of aryl methyl sites for hydroxylation is 2. The zero-order valence-electron chi connectivity index (χ0n) is 14.8. The Morgan fingerprint density at radius 2 is 2.04 bits per heavy atom. The van der Waals surface area contributed by atoms with Gasteiger partial charge in [-0.1, -0.05) is 35.5 Å². The van der Waals surface area contributed by atoms with Crippen LogP contribution in [0.3, 0.4) is 0 Å². The van der Waals surface area contributed by atoms with Crippen LogP contribution in [0.15, 0.2) is 48.0 Å². The van der Waals surface area contributed by atoms with Crippen molar-refractivity contribution in [2.45, 2.75) is 20.4 Å². The van der Waals surface area contributed by atoms with Crippen LogP contribution >= 0.6 is 22.7 Å². The molecule has 0 atom stereocenters. The van der Waals surface area contributed by atoms with Crippen LogP contribution in [0, 0.1) is 13.8 Å². The normalized spacial score (nSPS) is 10.9. The maximum Gasteiger partial charge on any atom is 0.279 e. The van der Waals surface area contributed by atoms with Gasteiger partial charge in [-0.3, -0.25) is 10.1 Å². The molecule has 27 heavy (non-hydrogen) atoms. The number of nitrogens with zero attached hydrogens (tertiary/aromatic N) is 4. The third kappa shape index (κ3) is 3.96. The number of thiophene rings is 1. The van der Waals surface area contributed by atoms with Crippen LogP contribution in [0.5, 0.6) is 0 Å². The molecule has 8 heteroatoms. The number of carbonyl (C=O) groups excluding carboxylic acids is 1. The number of rotatable bonds is 5. The molecule has 136 valence electrons. The molecule has 0 aliphatic carbocycles. The molecule has 0 unspecified atom stereocenters. The molecule has 1 aromatic carbocycles. The number of nitrogens with one attached hydrogen (secondary N) is 1. The van der Waals surface area contributed by atoms with Crippen molar-refractivity contribution in [3.8, 4) is 11.3 Å². The molecule has 0 saturated heterocycles. The van der Waals surface area contributed by atoms with E-state index in [4.69, 9.17) is 0 Å². The number of benzene rings is 1. The third-order valence-corrected chi connectivity index (χ3v) is 5.72. The summed E-state index contributed by atoms with van der Waals surface area (Å²) in [5.41, 5.74) is 3.36. The highest BCUT2D eigenvalue weighted by Gasteiger charge is 2.15. The molecule has 4 rings (SSSR count). The lowest BCUT2D eigenvalue weighted by Crippen LogP contribution is -2.12. The Kier molecular flexibility index (Phi) is 4.83. The standard InChI is InChI=1S/C19H17N5OS2/c1-12-8-15(13(2)27-12)17-11-26-19(20-17)21-18(25)16-10-24(23-22-16)9-14-6-4-3-5-7-14/h3-8,10-11H,9H2,1-2H3,(H,20,21,25). The number of amides is 1. The van der Waals surface area contributed by atoms with Gasteiger partial charge in [-0.2, -0.15) is 0 Å². The van der Waals surface area contributed by atoms with E-state index in [1.54, 1.807) is 22.2 Å². The van der Waals surface area contributed by atoms with Crippen molar-refractivity contribution in [3.05, 3.63) is 69.0 Å². The van der Waals surface area contributed by atoms with Gasteiger partial charge < -0.3 is 0 Å². The van der Waals surface area contributed by atoms with Crippen molar-refractivity contribution in [2.75, 3.05) is 5.32 Å². The van der Waals surface area contributed by atoms with Crippen LogP contribution in [0.4, 0.5) is 5.13 Å². The zero-order valence-corrected chi connectivity index (χ0v) is 16.5. The monoisotopic (exact) mass is 395 g/mol. The fourth-order valence-corrected chi connectivity index (χ4v) is 4.39. The van der Waals surface area contributed by atoms with E-state index < -0.39 is 0 Å². The van der Waals surface area contributed by atoms with E-state index in [1.807, 2.05) is 35.7 Å². The minimum atomic E-state index is -0.312. The van der Waals surface area contributed by atoms with E-state index in [0.717, 1.165) is 16.8 Å². The summed E-state index contributed by atoms with van der Waals surface area (Å²) < 4.78 is 1.65. The predicted molar refractivity (Wildman–Crippen MR) is 108 cm³/mol. The number of aromatic nitrogens is 4. The fraction of sp³-hybridized carbons (Fsp3) is 0.158. The van der Waals surface area contributed by atoms with Gasteiger partial charge in [0.15, 0.2) is 10.8 Å². The second-order valence-corrected chi connectivity index (χ2v) is 8.42. The van der Waals surface area contributed by atoms with Gasteiger partial charge in [0.05, 0.1) is 18.4 Å². The van der Waals surface area contributed by atoms with E-state index >= 15 is 0 Å². The molecule has 0 spiro atoms. The molecule has 1 N–H and O–H groups in total. The molecule has 3 aromatic heterocycles. The van der Waals surface area contributed by atoms with Gasteiger partial charge in [-0.05, 0) is 25.5 Å². The minimum absolute atomic E-state index is 0.269. The van der Waals surface area contributed by atoms with Gasteiger partial charge in [-0.15, -0.1) is 27.8 Å². The largest absolute Gasteiger partial charge is 0.296 e. The van der Waals surface area contributed by atoms with Gasteiger partial charge in [0, 0.05) is 20.7 Å². The van der Waals surface area contributed by atoms with E-state index in [9.17, 15) is 4.79 Å². The first-order chi connectivity index (χ1) is 13.1. The summed E-state index contributed by atoms with van der Waals surface area (Å²) in [5, 5.41) is 13.3. The van der Waals surface area contributed by atoms with Crippen molar-refractivity contribution in [1.29, 1.82) is 0 Å². The van der Waals surface area contributed by atoms with Crippen LogP contribution in [-0.4, -0.2) is 25.9 Å². The second-order valence-electron chi connectivity index (χ2n) is 6.11. The molecule has 1 amide bonds. The second kappa shape index (κ2) is 7.42. The lowest BCUT2D eigenvalue weighted by Gasteiger charge is -1.99. The summed E-state index contributed by atoms with van der Waals surface area (Å²) in [7, 11) is 0. The Morgan fingerprint density at radius 1 is 1.22 bits per heavy atom. The van der Waals surface area contributed by atoms with Gasteiger partial charge in [0.25, 0.3) is 5.91 Å². The van der Waals surface area contributed by atoms with Crippen molar-refractivity contribution in [3.63, 3.8) is 0 Å². The molecule has 3 heterocycles. The lowest BCUT2D eigenvalue weighted by molar-refractivity contribution is 0.102. The molecular formula is C19H17N5OS2. The van der Waals surface area contributed by atoms with Crippen molar-refractivity contribution in [1.82, 2.24) is 20.0 Å². The molecule has 0 saturated carbocycles. The maximum atomic E-state index is 12.4. The summed E-state index contributed by atoms with van der Waals surface area (Å²) in [4.78, 5) is 19.4. The Morgan fingerprint density at radius 3 is 2.78 bits per heavy atom. The minimum Gasteiger partial charge on any atom is -0.296 e. The van der Waals surface area contributed by atoms with Crippen LogP contribution < -0.4 is 5.32 Å². The first kappa shape index (κ1) is 17.6. The van der Waals surface area contributed by atoms with Crippen LogP contribution in [0.25, 0.3) is 11.3 Å².